The van der Waals surface area contributed by atoms with Crippen molar-refractivity contribution < 1.29 is 34.4 Å². The minimum Gasteiger partial charge on any atom is -0.462 e. The average molecular weight is 865 g/mol. The lowest BCUT2D eigenvalue weighted by Gasteiger charge is -2.70. The Balaban J connectivity index is 1.08. The van der Waals surface area contributed by atoms with Crippen LogP contribution < -0.4 is 0 Å². The number of ether oxygens (including phenoxy) is 2. The van der Waals surface area contributed by atoms with Crippen LogP contribution in [0.3, 0.4) is 0 Å². The molecule has 63 heavy (non-hydrogen) atoms. The van der Waals surface area contributed by atoms with Crippen molar-refractivity contribution in [2.24, 2.45) is 51.2 Å². The summed E-state index contributed by atoms with van der Waals surface area (Å²) in [7, 11) is 0. The topological polar surface area (TPSA) is 113 Å². The number of carbonyl (C=O) groups is 2. The van der Waals surface area contributed by atoms with E-state index in [0.717, 1.165) is 62.9 Å². The fourth-order valence-corrected chi connectivity index (χ4v) is 16.0. The number of hydrogen-bond acceptors (Lipinski definition) is 7. The van der Waals surface area contributed by atoms with Crippen molar-refractivity contribution in [3.05, 3.63) is 83.4 Å². The second-order valence-corrected chi connectivity index (χ2v) is 22.6. The molecule has 0 radical (unpaired) electrons. The number of aliphatic hydroxyl groups is 3. The number of aliphatic hydroxyl groups excluding tert-OH is 2. The number of fused-ring (bicyclic) bond motifs is 1. The van der Waals surface area contributed by atoms with Crippen molar-refractivity contribution in [1.29, 1.82) is 0 Å². The van der Waals surface area contributed by atoms with Gasteiger partial charge in [0.05, 0.1) is 23.2 Å². The van der Waals surface area contributed by atoms with Crippen LogP contribution in [0.25, 0.3) is 0 Å². The highest BCUT2D eigenvalue weighted by Crippen LogP contribution is 2.72. The molecule has 2 aromatic rings. The zero-order chi connectivity index (χ0) is 44.5. The highest BCUT2D eigenvalue weighted by molar-refractivity contribution is 5.85. The second-order valence-electron chi connectivity index (χ2n) is 22.6. The summed E-state index contributed by atoms with van der Waals surface area (Å²) in [4.78, 5) is 25.3. The van der Waals surface area contributed by atoms with E-state index in [2.05, 4.69) is 74.5 Å². The number of aryl methyl sites for hydroxylation is 2. The smallest absolute Gasteiger partial charge is 0.331 e. The number of hydrogen-bond donors (Lipinski definition) is 3. The Morgan fingerprint density at radius 2 is 1.56 bits per heavy atom. The van der Waals surface area contributed by atoms with Gasteiger partial charge in [-0.25, -0.2) is 4.79 Å². The van der Waals surface area contributed by atoms with Crippen LogP contribution in [0.15, 0.2) is 72.3 Å². The van der Waals surface area contributed by atoms with Crippen LogP contribution in [0.5, 0.6) is 0 Å². The Hall–Kier alpha value is -3.00. The van der Waals surface area contributed by atoms with Gasteiger partial charge in [0.25, 0.3) is 0 Å². The van der Waals surface area contributed by atoms with Crippen molar-refractivity contribution in [2.45, 2.75) is 193 Å². The summed E-state index contributed by atoms with van der Waals surface area (Å²) >= 11 is 0. The molecule has 0 unspecified atom stereocenters. The van der Waals surface area contributed by atoms with Gasteiger partial charge in [-0.2, -0.15) is 0 Å². The van der Waals surface area contributed by atoms with E-state index in [1.165, 1.54) is 75.8 Å². The lowest BCUT2D eigenvalue weighted by Crippen LogP contribution is -2.77. The maximum Gasteiger partial charge on any atom is 0.331 e. The Labute approximate surface area is 379 Å². The molecule has 5 fully saturated rings. The third-order valence-electron chi connectivity index (χ3n) is 19.1. The van der Waals surface area contributed by atoms with E-state index in [-0.39, 0.29) is 36.3 Å². The fourth-order valence-electron chi connectivity index (χ4n) is 16.0. The van der Waals surface area contributed by atoms with E-state index < -0.39 is 35.2 Å². The van der Waals surface area contributed by atoms with Gasteiger partial charge in [0, 0.05) is 18.9 Å². The lowest BCUT2D eigenvalue weighted by molar-refractivity contribution is -0.327. The van der Waals surface area contributed by atoms with Gasteiger partial charge < -0.3 is 24.8 Å². The van der Waals surface area contributed by atoms with Gasteiger partial charge in [-0.1, -0.05) is 101 Å². The van der Waals surface area contributed by atoms with Crippen LogP contribution in [0.4, 0.5) is 0 Å². The molecule has 3 N–H and O–H groups in total. The quantitative estimate of drug-likeness (QED) is 0.144. The van der Waals surface area contributed by atoms with E-state index in [1.54, 1.807) is 6.08 Å². The molecule has 7 heteroatoms. The SMILES string of the molecule is CC(=O)O[C@@H]1C[C@@H](C)[C@](O)(CCC2=CC(=O)OC2)[C@]2([C@@H](O)CC[C@H](C)CCCc3ccccc3)[C@@H]1[C@](C)(C1CCC3(CC1)C[C@H](CCc1ccccc1)C1(CCCC1)C3)CC[C@@H]2O. The second kappa shape index (κ2) is 19.1. The number of benzene rings is 2. The van der Waals surface area contributed by atoms with Crippen molar-refractivity contribution >= 4 is 11.9 Å². The molecule has 8 rings (SSSR count). The Morgan fingerprint density at radius 3 is 2.19 bits per heavy atom. The maximum atomic E-state index is 13.7. The number of esters is 2. The van der Waals surface area contributed by atoms with E-state index >= 15 is 0 Å². The molecule has 7 nitrogen and oxygen atoms in total. The minimum atomic E-state index is -1.49. The molecule has 2 spiro atoms. The Bertz CT molecular complexity index is 1880. The van der Waals surface area contributed by atoms with Gasteiger partial charge in [0.15, 0.2) is 0 Å². The van der Waals surface area contributed by atoms with Crippen molar-refractivity contribution in [2.75, 3.05) is 6.61 Å². The van der Waals surface area contributed by atoms with Gasteiger partial charge in [-0.3, -0.25) is 4.79 Å². The molecule has 1 heterocycles. The minimum absolute atomic E-state index is 0.206. The zero-order valence-electron chi connectivity index (χ0n) is 39.2. The predicted octanol–water partition coefficient (Wildman–Crippen LogP) is 11.3. The number of carbonyl (C=O) groups excluding carboxylic acids is 2. The van der Waals surface area contributed by atoms with Crippen molar-refractivity contribution in [3.63, 3.8) is 0 Å². The Kier molecular flexibility index (Phi) is 14.1. The first-order valence-corrected chi connectivity index (χ1v) is 25.4. The van der Waals surface area contributed by atoms with E-state index in [1.807, 2.05) is 6.92 Å². The number of rotatable bonds is 16. The Morgan fingerprint density at radius 1 is 0.889 bits per heavy atom. The molecular formula is C56H80O7. The highest BCUT2D eigenvalue weighted by atomic mass is 16.5. The normalized spacial score (nSPS) is 37.1. The molecular weight excluding hydrogens is 785 g/mol. The first kappa shape index (κ1) is 46.5. The van der Waals surface area contributed by atoms with Gasteiger partial charge in [-0.05, 0) is 179 Å². The van der Waals surface area contributed by atoms with Crippen molar-refractivity contribution in [1.82, 2.24) is 0 Å². The molecule has 0 saturated heterocycles. The summed E-state index contributed by atoms with van der Waals surface area (Å²) in [6, 6.07) is 21.7. The molecule has 346 valence electrons. The molecule has 1 aliphatic heterocycles. The molecule has 0 amide bonds. The summed E-state index contributed by atoms with van der Waals surface area (Å²) in [6.07, 6.45) is 20.9. The summed E-state index contributed by atoms with van der Waals surface area (Å²) in [6.45, 7) is 8.36. The number of cyclic esters (lactones) is 1. The van der Waals surface area contributed by atoms with Crippen LogP contribution in [-0.4, -0.2) is 57.8 Å². The summed E-state index contributed by atoms with van der Waals surface area (Å²) in [5.41, 5.74) is 1.23. The van der Waals surface area contributed by atoms with E-state index in [4.69, 9.17) is 9.47 Å². The maximum absolute atomic E-state index is 13.7. The van der Waals surface area contributed by atoms with Crippen LogP contribution in [0.2, 0.25) is 0 Å². The zero-order valence-corrected chi connectivity index (χ0v) is 39.2. The third kappa shape index (κ3) is 9.12. The average Bonchev–Trinajstić information content (AvgIpc) is 4.00. The molecule has 5 saturated carbocycles. The highest BCUT2D eigenvalue weighted by Gasteiger charge is 2.74. The first-order valence-electron chi connectivity index (χ1n) is 25.4. The third-order valence-corrected chi connectivity index (χ3v) is 19.1. The molecule has 10 atom stereocenters. The van der Waals surface area contributed by atoms with Gasteiger partial charge >= 0.3 is 11.9 Å². The fraction of sp³-hybridized carbons (Fsp3) is 0.714. The molecule has 5 aliphatic carbocycles. The molecule has 6 aliphatic rings. The van der Waals surface area contributed by atoms with Crippen LogP contribution in [0, 0.1) is 51.2 Å². The van der Waals surface area contributed by atoms with Gasteiger partial charge in [0.1, 0.15) is 12.7 Å². The molecule has 0 aromatic heterocycles. The summed E-state index contributed by atoms with van der Waals surface area (Å²) in [5, 5.41) is 39.7. The molecule has 2 aromatic carbocycles. The summed E-state index contributed by atoms with van der Waals surface area (Å²) < 4.78 is 11.7. The van der Waals surface area contributed by atoms with Gasteiger partial charge in [-0.15, -0.1) is 0 Å². The summed E-state index contributed by atoms with van der Waals surface area (Å²) in [5.74, 6) is -0.113. The van der Waals surface area contributed by atoms with Crippen LogP contribution in [0.1, 0.15) is 167 Å². The first-order chi connectivity index (χ1) is 30.2. The monoisotopic (exact) mass is 865 g/mol. The van der Waals surface area contributed by atoms with Crippen LogP contribution in [-0.2, 0) is 31.9 Å². The standard InChI is InChI=1S/C56H80O7/c1-39(14-13-19-42-15-7-5-8-16-42)20-23-48(58)56-49(59)27-30-52(4,51(56)47(63-41(3)57)34-40(2)55(56,61)33-24-44-35-50(60)62-37-44)45-25-31-53(32-26-45)36-46(54(38-53)28-11-12-29-54)22-21-43-17-9-6-10-18-43/h5-10,15-18,35,39-40,45-49,51,58-59,61H,11-14,19-34,36-38H2,1-4H3/t39-,40-,45?,46+,47-,48+,49+,51+,52+,53?,55-,56+/m1/s1. The van der Waals surface area contributed by atoms with E-state index in [9.17, 15) is 24.9 Å². The van der Waals surface area contributed by atoms with E-state index in [0.29, 0.717) is 48.3 Å². The van der Waals surface area contributed by atoms with Crippen LogP contribution >= 0.6 is 0 Å². The lowest BCUT2D eigenvalue weighted by atomic mass is 9.37. The van der Waals surface area contributed by atoms with Crippen molar-refractivity contribution in [3.8, 4) is 0 Å². The predicted molar refractivity (Wildman–Crippen MR) is 248 cm³/mol. The van der Waals surface area contributed by atoms with Gasteiger partial charge in [0.2, 0.25) is 0 Å². The largest absolute Gasteiger partial charge is 0.462 e. The molecule has 0 bridgehead atoms.